The second kappa shape index (κ2) is 4.69. The van der Waals surface area contributed by atoms with E-state index in [9.17, 15) is 4.79 Å². The molecule has 1 aliphatic rings. The highest BCUT2D eigenvalue weighted by Gasteiger charge is 2.22. The molecule has 0 N–H and O–H groups in total. The molecule has 0 aromatic heterocycles. The summed E-state index contributed by atoms with van der Waals surface area (Å²) in [7, 11) is 2.05. The minimum absolute atomic E-state index is 0.310. The molecule has 2 rings (SSSR count). The molecule has 3 nitrogen and oxygen atoms in total. The van der Waals surface area contributed by atoms with E-state index >= 15 is 0 Å². The van der Waals surface area contributed by atoms with Crippen LogP contribution in [-0.2, 0) is 4.79 Å². The molecule has 0 fully saturated rings. The molecule has 0 bridgehead atoms. The van der Waals surface area contributed by atoms with Gasteiger partial charge in [-0.25, -0.2) is 9.79 Å². The zero-order valence-electron chi connectivity index (χ0n) is 9.11. The third kappa shape index (κ3) is 2.11. The van der Waals surface area contributed by atoms with Crippen LogP contribution in [0.5, 0.6) is 0 Å². The van der Waals surface area contributed by atoms with Crippen LogP contribution in [0.1, 0.15) is 17.9 Å². The molecule has 1 atom stereocenters. The van der Waals surface area contributed by atoms with Crippen LogP contribution < -0.4 is 4.90 Å². The molecule has 84 valence electrons. The molecule has 1 unspecified atom stereocenters. The van der Waals surface area contributed by atoms with Gasteiger partial charge in [-0.2, -0.15) is 0 Å². The maximum Gasteiger partial charge on any atom is 0.234 e. The molecule has 0 amide bonds. The molecule has 1 aromatic rings. The summed E-state index contributed by atoms with van der Waals surface area (Å²) < 4.78 is 0. The van der Waals surface area contributed by atoms with E-state index in [1.54, 1.807) is 6.08 Å². The molecule has 0 radical (unpaired) electrons. The highest BCUT2D eigenvalue weighted by Crippen LogP contribution is 2.36. The number of anilines is 1. The molecule has 1 heterocycles. The molecule has 1 aromatic carbocycles. The normalized spacial score (nSPS) is 18.9. The van der Waals surface area contributed by atoms with Gasteiger partial charge in [0.15, 0.2) is 0 Å². The first-order valence-corrected chi connectivity index (χ1v) is 5.64. The number of nitrogens with zero attached hydrogens (tertiary/aromatic N) is 2. The number of carbonyl (C=O) groups excluding carboxylic acids is 1. The molecule has 1 aliphatic heterocycles. The third-order valence-corrected chi connectivity index (χ3v) is 3.27. The lowest BCUT2D eigenvalue weighted by molar-refractivity contribution is 0.555. The van der Waals surface area contributed by atoms with Gasteiger partial charge in [0, 0.05) is 30.2 Å². The van der Waals surface area contributed by atoms with Crippen molar-refractivity contribution < 1.29 is 4.79 Å². The standard InChI is InChI=1S/C12H13ClN2O/c1-15-5-4-9(7-14-8-16)11-3-2-10(13)6-12(11)15/h2-3,6,9H,4-5,7H2,1H3. The van der Waals surface area contributed by atoms with Crippen LogP contribution >= 0.6 is 11.6 Å². The molecule has 16 heavy (non-hydrogen) atoms. The Bertz CT molecular complexity index is 441. The fourth-order valence-corrected chi connectivity index (χ4v) is 2.32. The zero-order chi connectivity index (χ0) is 11.5. The maximum atomic E-state index is 10.2. The van der Waals surface area contributed by atoms with Gasteiger partial charge < -0.3 is 4.90 Å². The monoisotopic (exact) mass is 236 g/mol. The van der Waals surface area contributed by atoms with Crippen LogP contribution in [0.15, 0.2) is 23.2 Å². The summed E-state index contributed by atoms with van der Waals surface area (Å²) in [5.74, 6) is 0.310. The summed E-state index contributed by atoms with van der Waals surface area (Å²) in [5, 5.41) is 0.741. The van der Waals surface area contributed by atoms with Gasteiger partial charge in [0.2, 0.25) is 6.08 Å². The molecular weight excluding hydrogens is 224 g/mol. The van der Waals surface area contributed by atoms with Crippen molar-refractivity contribution in [1.29, 1.82) is 0 Å². The van der Waals surface area contributed by atoms with Crippen molar-refractivity contribution in [2.24, 2.45) is 4.99 Å². The van der Waals surface area contributed by atoms with Crippen LogP contribution in [0.4, 0.5) is 5.69 Å². The van der Waals surface area contributed by atoms with E-state index in [1.807, 2.05) is 25.2 Å². The molecule has 0 saturated heterocycles. The van der Waals surface area contributed by atoms with Crippen LogP contribution in [0, 0.1) is 0 Å². The summed E-state index contributed by atoms with van der Waals surface area (Å²) in [5.41, 5.74) is 2.36. The lowest BCUT2D eigenvalue weighted by Gasteiger charge is -2.32. The number of hydrogen-bond donors (Lipinski definition) is 0. The number of aliphatic imine (C=N–C) groups is 1. The minimum Gasteiger partial charge on any atom is -0.374 e. The SMILES string of the molecule is CN1CCC(CN=C=O)c2ccc(Cl)cc21. The number of fused-ring (bicyclic) bond motifs is 1. The Morgan fingerprint density at radius 1 is 1.62 bits per heavy atom. The molecule has 0 spiro atoms. The van der Waals surface area contributed by atoms with Crippen LogP contribution in [0.25, 0.3) is 0 Å². The molecular formula is C12H13ClN2O. The third-order valence-electron chi connectivity index (χ3n) is 3.03. The Hall–Kier alpha value is -1.31. The van der Waals surface area contributed by atoms with E-state index in [4.69, 9.17) is 11.6 Å². The van der Waals surface area contributed by atoms with Gasteiger partial charge in [0.25, 0.3) is 0 Å². The van der Waals surface area contributed by atoms with Crippen molar-refractivity contribution in [1.82, 2.24) is 0 Å². The summed E-state index contributed by atoms with van der Waals surface area (Å²) in [6.07, 6.45) is 2.61. The summed E-state index contributed by atoms with van der Waals surface area (Å²) in [6, 6.07) is 5.88. The van der Waals surface area contributed by atoms with Gasteiger partial charge >= 0.3 is 0 Å². The van der Waals surface area contributed by atoms with Crippen molar-refractivity contribution in [3.8, 4) is 0 Å². The van der Waals surface area contributed by atoms with Crippen molar-refractivity contribution in [3.63, 3.8) is 0 Å². The van der Waals surface area contributed by atoms with Gasteiger partial charge in [-0.05, 0) is 24.1 Å². The van der Waals surface area contributed by atoms with E-state index < -0.39 is 0 Å². The highest BCUT2D eigenvalue weighted by molar-refractivity contribution is 6.30. The van der Waals surface area contributed by atoms with Crippen molar-refractivity contribution in [2.45, 2.75) is 12.3 Å². The second-order valence-corrected chi connectivity index (χ2v) is 4.48. The lowest BCUT2D eigenvalue weighted by Crippen LogP contribution is -2.28. The smallest absolute Gasteiger partial charge is 0.234 e. The summed E-state index contributed by atoms with van der Waals surface area (Å²) >= 11 is 5.98. The summed E-state index contributed by atoms with van der Waals surface area (Å²) in [4.78, 5) is 16.0. The van der Waals surface area contributed by atoms with E-state index in [1.165, 1.54) is 5.56 Å². The second-order valence-electron chi connectivity index (χ2n) is 4.04. The highest BCUT2D eigenvalue weighted by atomic mass is 35.5. The first kappa shape index (κ1) is 11.2. The number of rotatable bonds is 2. The first-order valence-electron chi connectivity index (χ1n) is 5.26. The fraction of sp³-hybridized carbons (Fsp3) is 0.417. The summed E-state index contributed by atoms with van der Waals surface area (Å²) in [6.45, 7) is 1.48. The van der Waals surface area contributed by atoms with Gasteiger partial charge in [0.05, 0.1) is 6.54 Å². The topological polar surface area (TPSA) is 32.7 Å². The molecule has 0 aliphatic carbocycles. The van der Waals surface area contributed by atoms with Gasteiger partial charge in [-0.1, -0.05) is 17.7 Å². The van der Waals surface area contributed by atoms with Crippen LogP contribution in [-0.4, -0.2) is 26.2 Å². The Kier molecular flexibility index (Phi) is 3.28. The largest absolute Gasteiger partial charge is 0.374 e. The zero-order valence-corrected chi connectivity index (χ0v) is 9.87. The Morgan fingerprint density at radius 3 is 3.19 bits per heavy atom. The molecule has 0 saturated carbocycles. The van der Waals surface area contributed by atoms with Crippen LogP contribution in [0.3, 0.4) is 0 Å². The Morgan fingerprint density at radius 2 is 2.44 bits per heavy atom. The number of hydrogen-bond acceptors (Lipinski definition) is 3. The van der Waals surface area contributed by atoms with Crippen LogP contribution in [0.2, 0.25) is 5.02 Å². The number of benzene rings is 1. The van der Waals surface area contributed by atoms with Gasteiger partial charge in [-0.15, -0.1) is 0 Å². The maximum absolute atomic E-state index is 10.2. The van der Waals surface area contributed by atoms with E-state index in [0.717, 1.165) is 23.7 Å². The first-order chi connectivity index (χ1) is 7.72. The minimum atomic E-state index is 0.310. The number of isocyanates is 1. The van der Waals surface area contributed by atoms with Gasteiger partial charge in [-0.3, -0.25) is 0 Å². The number of halogens is 1. The van der Waals surface area contributed by atoms with Gasteiger partial charge in [0.1, 0.15) is 0 Å². The lowest BCUT2D eigenvalue weighted by atomic mass is 9.90. The van der Waals surface area contributed by atoms with E-state index in [-0.39, 0.29) is 0 Å². The fourth-order valence-electron chi connectivity index (χ4n) is 2.16. The van der Waals surface area contributed by atoms with Crippen molar-refractivity contribution >= 4 is 23.4 Å². The Balaban J connectivity index is 2.36. The predicted octanol–water partition coefficient (Wildman–Crippen LogP) is 2.60. The average Bonchev–Trinajstić information content (AvgIpc) is 2.29. The quantitative estimate of drug-likeness (QED) is 0.584. The van der Waals surface area contributed by atoms with Crippen molar-refractivity contribution in [2.75, 3.05) is 25.0 Å². The van der Waals surface area contributed by atoms with E-state index in [2.05, 4.69) is 9.89 Å². The molecule has 4 heteroatoms. The predicted molar refractivity (Wildman–Crippen MR) is 65.1 cm³/mol. The Labute approximate surface area is 99.7 Å². The van der Waals surface area contributed by atoms with Crippen molar-refractivity contribution in [3.05, 3.63) is 28.8 Å². The van der Waals surface area contributed by atoms with E-state index in [0.29, 0.717) is 12.5 Å². The average molecular weight is 237 g/mol.